The molecule has 1 aliphatic rings. The van der Waals surface area contributed by atoms with Crippen LogP contribution in [-0.2, 0) is 0 Å². The number of hydrogen-bond donors (Lipinski definition) is 1. The molecule has 1 N–H and O–H groups in total. The monoisotopic (exact) mass is 266 g/mol. The second kappa shape index (κ2) is 5.42. The molecule has 0 bridgehead atoms. The highest BCUT2D eigenvalue weighted by molar-refractivity contribution is 6.05. The molecule has 1 aromatic carbocycles. The zero-order valence-electron chi connectivity index (χ0n) is 9.89. The first-order chi connectivity index (χ1) is 8.36. The fourth-order valence-electron chi connectivity index (χ4n) is 2.18. The van der Waals surface area contributed by atoms with Gasteiger partial charge in [0.25, 0.3) is 5.91 Å². The molecular weight excluding hydrogens is 252 g/mol. The van der Waals surface area contributed by atoms with E-state index in [9.17, 15) is 4.79 Å². The Morgan fingerprint density at radius 3 is 2.72 bits per heavy atom. The van der Waals surface area contributed by atoms with Gasteiger partial charge in [-0.3, -0.25) is 4.79 Å². The Morgan fingerprint density at radius 2 is 1.94 bits per heavy atom. The number of amides is 1. The third-order valence-electron chi connectivity index (χ3n) is 3.12. The fourth-order valence-corrected chi connectivity index (χ4v) is 2.18. The minimum absolute atomic E-state index is 0. The largest absolute Gasteiger partial charge is 0.463 e. The number of nitrogens with one attached hydrogen (secondary N) is 1. The Kier molecular flexibility index (Phi) is 3.89. The summed E-state index contributed by atoms with van der Waals surface area (Å²) < 4.78 is 5.40. The molecule has 0 saturated carbocycles. The van der Waals surface area contributed by atoms with Crippen molar-refractivity contribution in [2.24, 2.45) is 0 Å². The van der Waals surface area contributed by atoms with Gasteiger partial charge in [0, 0.05) is 31.6 Å². The highest BCUT2D eigenvalue weighted by Gasteiger charge is 2.21. The van der Waals surface area contributed by atoms with Gasteiger partial charge in [0.2, 0.25) is 0 Å². The average molecular weight is 267 g/mol. The molecule has 96 valence electrons. The molecular formula is C13H15ClN2O2. The van der Waals surface area contributed by atoms with Gasteiger partial charge in [0.05, 0.1) is 5.56 Å². The number of carbonyl (C=O) groups is 1. The van der Waals surface area contributed by atoms with Gasteiger partial charge in [-0.2, -0.15) is 0 Å². The maximum atomic E-state index is 12.3. The fraction of sp³-hybridized carbons (Fsp3) is 0.308. The van der Waals surface area contributed by atoms with Gasteiger partial charge in [-0.25, -0.2) is 0 Å². The van der Waals surface area contributed by atoms with Gasteiger partial charge >= 0.3 is 0 Å². The van der Waals surface area contributed by atoms with Gasteiger partial charge in [0.15, 0.2) is 0 Å². The lowest BCUT2D eigenvalue weighted by Gasteiger charge is -2.27. The van der Waals surface area contributed by atoms with E-state index >= 15 is 0 Å². The molecule has 0 aliphatic carbocycles. The number of hydrogen-bond acceptors (Lipinski definition) is 3. The molecule has 1 aromatic heterocycles. The summed E-state index contributed by atoms with van der Waals surface area (Å²) in [4.78, 5) is 14.2. The molecule has 0 unspecified atom stereocenters. The number of rotatable bonds is 1. The zero-order chi connectivity index (χ0) is 11.7. The number of carbonyl (C=O) groups excluding carboxylic acids is 1. The van der Waals surface area contributed by atoms with E-state index in [0.717, 1.165) is 37.1 Å². The Balaban J connectivity index is 0.00000120. The van der Waals surface area contributed by atoms with Crippen molar-refractivity contribution in [3.63, 3.8) is 0 Å². The summed E-state index contributed by atoms with van der Waals surface area (Å²) in [5, 5.41) is 4.13. The van der Waals surface area contributed by atoms with E-state index in [1.807, 2.05) is 29.2 Å². The summed E-state index contributed by atoms with van der Waals surface area (Å²) in [6.07, 6.45) is 1.56. The van der Waals surface area contributed by atoms with Crippen molar-refractivity contribution in [1.82, 2.24) is 10.2 Å². The van der Waals surface area contributed by atoms with Crippen LogP contribution in [0.2, 0.25) is 0 Å². The van der Waals surface area contributed by atoms with E-state index in [0.29, 0.717) is 5.56 Å². The normalized spacial score (nSPS) is 15.4. The Morgan fingerprint density at radius 1 is 1.22 bits per heavy atom. The molecule has 1 fully saturated rings. The first kappa shape index (κ1) is 12.9. The number of furan rings is 1. The van der Waals surface area contributed by atoms with Crippen molar-refractivity contribution in [2.45, 2.75) is 0 Å². The van der Waals surface area contributed by atoms with Crippen LogP contribution in [0, 0.1) is 0 Å². The summed E-state index contributed by atoms with van der Waals surface area (Å²) in [7, 11) is 0. The standard InChI is InChI=1S/C13H14N2O2.ClH/c16-13(15-7-5-14-6-8-15)11-9-17-12-4-2-1-3-10(11)12;/h1-4,9,14H,5-8H2;1H. The number of nitrogens with zero attached hydrogens (tertiary/aromatic N) is 1. The second-order valence-corrected chi connectivity index (χ2v) is 4.19. The lowest BCUT2D eigenvalue weighted by molar-refractivity contribution is 0.0737. The zero-order valence-corrected chi connectivity index (χ0v) is 10.7. The number of para-hydroxylation sites is 1. The summed E-state index contributed by atoms with van der Waals surface area (Å²) in [6.45, 7) is 3.25. The molecule has 0 spiro atoms. The van der Waals surface area contributed by atoms with E-state index < -0.39 is 0 Å². The van der Waals surface area contributed by atoms with Crippen LogP contribution in [0.1, 0.15) is 10.4 Å². The van der Waals surface area contributed by atoms with Crippen LogP contribution in [0.5, 0.6) is 0 Å². The van der Waals surface area contributed by atoms with Crippen molar-refractivity contribution >= 4 is 29.3 Å². The van der Waals surface area contributed by atoms with Gasteiger partial charge in [0.1, 0.15) is 11.8 Å². The van der Waals surface area contributed by atoms with Crippen LogP contribution < -0.4 is 5.32 Å². The van der Waals surface area contributed by atoms with E-state index in [-0.39, 0.29) is 18.3 Å². The first-order valence-corrected chi connectivity index (χ1v) is 5.82. The predicted molar refractivity (Wildman–Crippen MR) is 72.2 cm³/mol. The van der Waals surface area contributed by atoms with Crippen LogP contribution in [0.15, 0.2) is 34.9 Å². The molecule has 3 rings (SSSR count). The van der Waals surface area contributed by atoms with E-state index in [1.54, 1.807) is 6.26 Å². The molecule has 2 heterocycles. The lowest BCUT2D eigenvalue weighted by atomic mass is 10.1. The Bertz CT molecular complexity index is 547. The van der Waals surface area contributed by atoms with Crippen LogP contribution in [0.25, 0.3) is 11.0 Å². The minimum atomic E-state index is 0. The van der Waals surface area contributed by atoms with Crippen molar-refractivity contribution in [3.8, 4) is 0 Å². The van der Waals surface area contributed by atoms with Crippen molar-refractivity contribution in [2.75, 3.05) is 26.2 Å². The summed E-state index contributed by atoms with van der Waals surface area (Å²) in [5.41, 5.74) is 1.44. The Labute approximate surface area is 111 Å². The van der Waals surface area contributed by atoms with Crippen LogP contribution in [-0.4, -0.2) is 37.0 Å². The molecule has 1 aliphatic heterocycles. The van der Waals surface area contributed by atoms with Gasteiger partial charge < -0.3 is 14.6 Å². The molecule has 1 amide bonds. The topological polar surface area (TPSA) is 45.5 Å². The molecule has 4 nitrogen and oxygen atoms in total. The predicted octanol–water partition coefficient (Wildman–Crippen LogP) is 1.90. The van der Waals surface area contributed by atoms with Gasteiger partial charge in [-0.05, 0) is 6.07 Å². The molecule has 2 aromatic rings. The van der Waals surface area contributed by atoms with Gasteiger partial charge in [-0.1, -0.05) is 18.2 Å². The highest BCUT2D eigenvalue weighted by Crippen LogP contribution is 2.22. The Hall–Kier alpha value is -1.52. The highest BCUT2D eigenvalue weighted by atomic mass is 35.5. The molecule has 18 heavy (non-hydrogen) atoms. The molecule has 0 atom stereocenters. The maximum Gasteiger partial charge on any atom is 0.257 e. The van der Waals surface area contributed by atoms with E-state index in [1.165, 1.54) is 0 Å². The van der Waals surface area contributed by atoms with Crippen molar-refractivity contribution in [1.29, 1.82) is 0 Å². The molecule has 5 heteroatoms. The summed E-state index contributed by atoms with van der Waals surface area (Å²) in [5.74, 6) is 0.0662. The maximum absolute atomic E-state index is 12.3. The third-order valence-corrected chi connectivity index (χ3v) is 3.12. The van der Waals surface area contributed by atoms with E-state index in [2.05, 4.69) is 5.32 Å². The number of halogens is 1. The van der Waals surface area contributed by atoms with Crippen molar-refractivity contribution in [3.05, 3.63) is 36.1 Å². The quantitative estimate of drug-likeness (QED) is 0.858. The first-order valence-electron chi connectivity index (χ1n) is 5.82. The number of benzene rings is 1. The smallest absolute Gasteiger partial charge is 0.257 e. The van der Waals surface area contributed by atoms with Crippen molar-refractivity contribution < 1.29 is 9.21 Å². The summed E-state index contributed by atoms with van der Waals surface area (Å²) in [6, 6.07) is 7.63. The van der Waals surface area contributed by atoms with E-state index in [4.69, 9.17) is 4.42 Å². The van der Waals surface area contributed by atoms with Crippen LogP contribution in [0.4, 0.5) is 0 Å². The lowest BCUT2D eigenvalue weighted by Crippen LogP contribution is -2.46. The van der Waals surface area contributed by atoms with Crippen LogP contribution >= 0.6 is 12.4 Å². The third kappa shape index (κ3) is 2.21. The SMILES string of the molecule is Cl.O=C(c1coc2ccccc12)N1CCNCC1. The number of piperazine rings is 1. The average Bonchev–Trinajstić information content (AvgIpc) is 2.83. The molecule has 0 radical (unpaired) electrons. The van der Waals surface area contributed by atoms with Gasteiger partial charge in [-0.15, -0.1) is 12.4 Å². The minimum Gasteiger partial charge on any atom is -0.463 e. The van der Waals surface area contributed by atoms with Crippen LogP contribution in [0.3, 0.4) is 0 Å². The summed E-state index contributed by atoms with van der Waals surface area (Å²) >= 11 is 0. The number of fused-ring (bicyclic) bond motifs is 1. The molecule has 1 saturated heterocycles. The second-order valence-electron chi connectivity index (χ2n) is 4.19.